The summed E-state index contributed by atoms with van der Waals surface area (Å²) in [4.78, 5) is 23.7. The normalized spacial score (nSPS) is 11.6. The van der Waals surface area contributed by atoms with Crippen LogP contribution in [0.2, 0.25) is 0 Å². The molecule has 0 radical (unpaired) electrons. The number of nitrogens with one attached hydrogen (secondary N) is 1. The standard InChI is InChI=1S/C11H20N2O4/c1-4-5-13(6-7-17-3)11(16)12-9(2)8-10(14)15/h4,9H,1,5-8H2,2-3H3,(H,12,16)(H,14,15). The zero-order valence-corrected chi connectivity index (χ0v) is 10.3. The molecule has 2 amide bonds. The summed E-state index contributed by atoms with van der Waals surface area (Å²) in [5, 5.41) is 11.2. The minimum absolute atomic E-state index is 0.0993. The van der Waals surface area contributed by atoms with E-state index in [9.17, 15) is 9.59 Å². The third kappa shape index (κ3) is 7.35. The predicted octanol–water partition coefficient (Wildman–Crippen LogP) is 0.694. The number of carboxylic acids is 1. The molecule has 0 aliphatic heterocycles. The summed E-state index contributed by atoms with van der Waals surface area (Å²) in [6, 6.07) is -0.717. The lowest BCUT2D eigenvalue weighted by Gasteiger charge is -2.23. The van der Waals surface area contributed by atoms with E-state index in [2.05, 4.69) is 11.9 Å². The first kappa shape index (κ1) is 15.4. The number of carbonyl (C=O) groups excluding carboxylic acids is 1. The van der Waals surface area contributed by atoms with Crippen molar-refractivity contribution >= 4 is 12.0 Å². The molecular weight excluding hydrogens is 224 g/mol. The fourth-order valence-corrected chi connectivity index (χ4v) is 1.25. The summed E-state index contributed by atoms with van der Waals surface area (Å²) in [6.45, 7) is 6.47. The van der Waals surface area contributed by atoms with Crippen molar-refractivity contribution in [1.29, 1.82) is 0 Å². The molecule has 0 spiro atoms. The molecule has 98 valence electrons. The Morgan fingerprint density at radius 1 is 1.59 bits per heavy atom. The molecule has 1 atom stereocenters. The van der Waals surface area contributed by atoms with Crippen LogP contribution in [-0.2, 0) is 9.53 Å². The number of ether oxygens (including phenoxy) is 1. The van der Waals surface area contributed by atoms with E-state index in [1.54, 1.807) is 20.1 Å². The molecule has 1 unspecified atom stereocenters. The molecular formula is C11H20N2O4. The largest absolute Gasteiger partial charge is 0.481 e. The molecule has 0 saturated carbocycles. The highest BCUT2D eigenvalue weighted by Gasteiger charge is 2.15. The fourth-order valence-electron chi connectivity index (χ4n) is 1.25. The SMILES string of the molecule is C=CCN(CCOC)C(=O)NC(C)CC(=O)O. The molecule has 0 aliphatic rings. The van der Waals surface area contributed by atoms with Gasteiger partial charge in [0.05, 0.1) is 13.0 Å². The van der Waals surface area contributed by atoms with Gasteiger partial charge >= 0.3 is 12.0 Å². The monoisotopic (exact) mass is 244 g/mol. The molecule has 0 fully saturated rings. The molecule has 0 aromatic carbocycles. The average Bonchev–Trinajstić information content (AvgIpc) is 2.22. The molecule has 0 aromatic heterocycles. The van der Waals surface area contributed by atoms with Gasteiger partial charge in [-0.15, -0.1) is 6.58 Å². The van der Waals surface area contributed by atoms with Gasteiger partial charge in [-0.3, -0.25) is 4.79 Å². The maximum Gasteiger partial charge on any atom is 0.317 e. The zero-order chi connectivity index (χ0) is 13.3. The highest BCUT2D eigenvalue weighted by molar-refractivity contribution is 5.76. The summed E-state index contributed by atoms with van der Waals surface area (Å²) in [7, 11) is 1.55. The molecule has 6 heteroatoms. The van der Waals surface area contributed by atoms with E-state index in [4.69, 9.17) is 9.84 Å². The fraction of sp³-hybridized carbons (Fsp3) is 0.636. The number of carbonyl (C=O) groups is 2. The molecule has 0 bridgehead atoms. The second kappa shape index (κ2) is 8.58. The maximum atomic E-state index is 11.7. The second-order valence-corrected chi connectivity index (χ2v) is 3.68. The first-order valence-corrected chi connectivity index (χ1v) is 5.38. The van der Waals surface area contributed by atoms with E-state index in [-0.39, 0.29) is 12.5 Å². The number of aliphatic carboxylic acids is 1. The van der Waals surface area contributed by atoms with Gasteiger partial charge in [0.15, 0.2) is 0 Å². The average molecular weight is 244 g/mol. The Morgan fingerprint density at radius 2 is 2.24 bits per heavy atom. The summed E-state index contributed by atoms with van der Waals surface area (Å²) >= 11 is 0. The molecule has 0 saturated heterocycles. The zero-order valence-electron chi connectivity index (χ0n) is 10.3. The molecule has 2 N–H and O–H groups in total. The molecule has 0 aromatic rings. The van der Waals surface area contributed by atoms with Gasteiger partial charge in [0.1, 0.15) is 0 Å². The highest BCUT2D eigenvalue weighted by Crippen LogP contribution is 1.95. The number of rotatable bonds is 8. The lowest BCUT2D eigenvalue weighted by molar-refractivity contribution is -0.137. The van der Waals surface area contributed by atoms with Crippen molar-refractivity contribution < 1.29 is 19.4 Å². The summed E-state index contributed by atoms with van der Waals surface area (Å²) in [6.07, 6.45) is 1.51. The summed E-state index contributed by atoms with van der Waals surface area (Å²) < 4.78 is 4.89. The maximum absolute atomic E-state index is 11.7. The third-order valence-electron chi connectivity index (χ3n) is 2.05. The Bertz CT molecular complexity index is 268. The molecule has 0 heterocycles. The van der Waals surface area contributed by atoms with Crippen LogP contribution in [0.5, 0.6) is 0 Å². The Kier molecular flexibility index (Phi) is 7.79. The van der Waals surface area contributed by atoms with E-state index >= 15 is 0 Å². The van der Waals surface area contributed by atoms with Crippen molar-refractivity contribution in [2.45, 2.75) is 19.4 Å². The first-order chi connectivity index (χ1) is 8.01. The lowest BCUT2D eigenvalue weighted by atomic mass is 10.2. The van der Waals surface area contributed by atoms with Crippen LogP contribution in [0.1, 0.15) is 13.3 Å². The Hall–Kier alpha value is -1.56. The molecule has 6 nitrogen and oxygen atoms in total. The van der Waals surface area contributed by atoms with Gasteiger partial charge in [-0.25, -0.2) is 4.79 Å². The topological polar surface area (TPSA) is 78.9 Å². The van der Waals surface area contributed by atoms with Gasteiger partial charge < -0.3 is 20.1 Å². The Balaban J connectivity index is 4.20. The second-order valence-electron chi connectivity index (χ2n) is 3.68. The first-order valence-electron chi connectivity index (χ1n) is 5.38. The number of hydrogen-bond acceptors (Lipinski definition) is 3. The number of amides is 2. The smallest absolute Gasteiger partial charge is 0.317 e. The summed E-state index contributed by atoms with van der Waals surface area (Å²) in [5.41, 5.74) is 0. The molecule has 0 aliphatic carbocycles. The van der Waals surface area contributed by atoms with Crippen molar-refractivity contribution in [3.63, 3.8) is 0 Å². The number of methoxy groups -OCH3 is 1. The number of urea groups is 1. The predicted molar refractivity (Wildman–Crippen MR) is 63.9 cm³/mol. The van der Waals surface area contributed by atoms with E-state index < -0.39 is 12.0 Å². The molecule has 0 rings (SSSR count). The van der Waals surface area contributed by atoms with E-state index in [0.29, 0.717) is 19.7 Å². The number of nitrogens with zero attached hydrogens (tertiary/aromatic N) is 1. The van der Waals surface area contributed by atoms with Crippen LogP contribution in [0.4, 0.5) is 4.79 Å². The van der Waals surface area contributed by atoms with Crippen LogP contribution < -0.4 is 5.32 Å². The van der Waals surface area contributed by atoms with Gasteiger partial charge in [-0.1, -0.05) is 6.08 Å². The van der Waals surface area contributed by atoms with Crippen LogP contribution in [0.15, 0.2) is 12.7 Å². The van der Waals surface area contributed by atoms with Gasteiger partial charge in [0, 0.05) is 26.2 Å². The molecule has 17 heavy (non-hydrogen) atoms. The minimum atomic E-state index is -0.940. The quantitative estimate of drug-likeness (QED) is 0.616. The van der Waals surface area contributed by atoms with Crippen molar-refractivity contribution in [3.8, 4) is 0 Å². The van der Waals surface area contributed by atoms with Gasteiger partial charge in [0.2, 0.25) is 0 Å². The Labute approximate surface area is 101 Å². The van der Waals surface area contributed by atoms with Crippen LogP contribution in [0.3, 0.4) is 0 Å². The van der Waals surface area contributed by atoms with Crippen molar-refractivity contribution in [2.24, 2.45) is 0 Å². The highest BCUT2D eigenvalue weighted by atomic mass is 16.5. The van der Waals surface area contributed by atoms with Gasteiger partial charge in [-0.2, -0.15) is 0 Å². The van der Waals surface area contributed by atoms with E-state index in [1.165, 1.54) is 4.90 Å². The summed E-state index contributed by atoms with van der Waals surface area (Å²) in [5.74, 6) is -0.940. The number of hydrogen-bond donors (Lipinski definition) is 2. The van der Waals surface area contributed by atoms with Gasteiger partial charge in [0.25, 0.3) is 0 Å². The lowest BCUT2D eigenvalue weighted by Crippen LogP contribution is -2.45. The van der Waals surface area contributed by atoms with Crippen LogP contribution in [0.25, 0.3) is 0 Å². The van der Waals surface area contributed by atoms with Crippen LogP contribution >= 0.6 is 0 Å². The van der Waals surface area contributed by atoms with Crippen molar-refractivity contribution in [2.75, 3.05) is 26.8 Å². The van der Waals surface area contributed by atoms with E-state index in [0.717, 1.165) is 0 Å². The third-order valence-corrected chi connectivity index (χ3v) is 2.05. The van der Waals surface area contributed by atoms with Crippen molar-refractivity contribution in [1.82, 2.24) is 10.2 Å². The number of carboxylic acid groups (broad SMARTS) is 1. The Morgan fingerprint density at radius 3 is 2.71 bits per heavy atom. The van der Waals surface area contributed by atoms with Crippen LogP contribution in [-0.4, -0.2) is 54.9 Å². The minimum Gasteiger partial charge on any atom is -0.481 e. The van der Waals surface area contributed by atoms with E-state index in [1.807, 2.05) is 0 Å². The van der Waals surface area contributed by atoms with Gasteiger partial charge in [-0.05, 0) is 6.92 Å². The van der Waals surface area contributed by atoms with Crippen molar-refractivity contribution in [3.05, 3.63) is 12.7 Å². The van der Waals surface area contributed by atoms with Crippen LogP contribution in [0, 0.1) is 0 Å².